The summed E-state index contributed by atoms with van der Waals surface area (Å²) >= 11 is 0. The van der Waals surface area contributed by atoms with Crippen LogP contribution in [0, 0.1) is 5.92 Å². The van der Waals surface area contributed by atoms with Crippen molar-refractivity contribution in [3.05, 3.63) is 29.8 Å². The number of ether oxygens (including phenoxy) is 1. The summed E-state index contributed by atoms with van der Waals surface area (Å²) in [4.78, 5) is 18.4. The zero-order chi connectivity index (χ0) is 19.5. The van der Waals surface area contributed by atoms with Crippen molar-refractivity contribution >= 4 is 11.9 Å². The molecule has 3 N–H and O–H groups in total. The van der Waals surface area contributed by atoms with Crippen molar-refractivity contribution in [3.8, 4) is 5.75 Å². The predicted octanol–water partition coefficient (Wildman–Crippen LogP) is 1.21. The number of carbonyl (C=O) groups excluding carboxylic acids is 1. The molecule has 0 heterocycles. The van der Waals surface area contributed by atoms with Crippen molar-refractivity contribution in [2.24, 2.45) is 10.9 Å². The smallest absolute Gasteiger partial charge is 0.223 e. The first-order valence-electron chi connectivity index (χ1n) is 9.75. The molecule has 0 saturated heterocycles. The molecule has 1 aliphatic rings. The minimum Gasteiger partial charge on any atom is -0.492 e. The minimum atomic E-state index is 0.169. The van der Waals surface area contributed by atoms with Crippen LogP contribution in [0.2, 0.25) is 0 Å². The molecule has 0 spiro atoms. The summed E-state index contributed by atoms with van der Waals surface area (Å²) in [5.41, 5.74) is 1.05. The third-order valence-electron chi connectivity index (χ3n) is 4.19. The molecule has 27 heavy (non-hydrogen) atoms. The number of carbonyl (C=O) groups is 1. The third-order valence-corrected chi connectivity index (χ3v) is 4.19. The van der Waals surface area contributed by atoms with E-state index in [1.54, 1.807) is 0 Å². The maximum atomic E-state index is 11.7. The van der Waals surface area contributed by atoms with E-state index >= 15 is 0 Å². The number of likely N-dealkylation sites (N-methyl/N-ethyl adjacent to an activating group) is 1. The Hall–Kier alpha value is -2.28. The predicted molar refractivity (Wildman–Crippen MR) is 109 cm³/mol. The zero-order valence-electron chi connectivity index (χ0n) is 16.8. The summed E-state index contributed by atoms with van der Waals surface area (Å²) in [5, 5.41) is 9.44. The summed E-state index contributed by atoms with van der Waals surface area (Å²) < 4.78 is 5.89. The van der Waals surface area contributed by atoms with Gasteiger partial charge in [0.2, 0.25) is 5.91 Å². The third kappa shape index (κ3) is 8.30. The number of aliphatic imine (C=N–C) groups is 1. The highest BCUT2D eigenvalue weighted by atomic mass is 16.5. The van der Waals surface area contributed by atoms with E-state index < -0.39 is 0 Å². The molecule has 1 saturated carbocycles. The quantitative estimate of drug-likeness (QED) is 0.308. The Labute approximate surface area is 162 Å². The van der Waals surface area contributed by atoms with Gasteiger partial charge < -0.3 is 25.6 Å². The average molecular weight is 376 g/mol. The van der Waals surface area contributed by atoms with E-state index in [0.717, 1.165) is 43.2 Å². The number of hydrogen-bond donors (Lipinski definition) is 3. The number of guanidine groups is 1. The molecular weight excluding hydrogens is 342 g/mol. The number of nitrogens with zero attached hydrogens (tertiary/aromatic N) is 2. The summed E-state index contributed by atoms with van der Waals surface area (Å²) in [6, 6.07) is 7.99. The molecular formula is C20H33N5O2. The van der Waals surface area contributed by atoms with Crippen molar-refractivity contribution in [1.29, 1.82) is 0 Å². The Balaban J connectivity index is 1.82. The van der Waals surface area contributed by atoms with E-state index in [4.69, 9.17) is 4.74 Å². The van der Waals surface area contributed by atoms with Gasteiger partial charge in [-0.1, -0.05) is 18.2 Å². The van der Waals surface area contributed by atoms with Crippen molar-refractivity contribution in [3.63, 3.8) is 0 Å². The summed E-state index contributed by atoms with van der Waals surface area (Å²) in [6.07, 6.45) is 2.05. The average Bonchev–Trinajstić information content (AvgIpc) is 3.49. The van der Waals surface area contributed by atoms with Crippen LogP contribution in [0.3, 0.4) is 0 Å². The van der Waals surface area contributed by atoms with E-state index in [1.165, 1.54) is 0 Å². The molecule has 1 amide bonds. The first-order chi connectivity index (χ1) is 13.1. The van der Waals surface area contributed by atoms with Gasteiger partial charge in [0, 0.05) is 37.7 Å². The lowest BCUT2D eigenvalue weighted by atomic mass is 10.2. The van der Waals surface area contributed by atoms with Crippen LogP contribution in [0.25, 0.3) is 0 Å². The number of rotatable bonds is 11. The number of para-hydroxylation sites is 1. The Morgan fingerprint density at radius 3 is 2.63 bits per heavy atom. The van der Waals surface area contributed by atoms with Crippen molar-refractivity contribution in [2.45, 2.75) is 26.3 Å². The minimum absolute atomic E-state index is 0.169. The number of nitrogens with one attached hydrogen (secondary N) is 3. The molecule has 0 atom stereocenters. The van der Waals surface area contributed by atoms with Gasteiger partial charge in [0.25, 0.3) is 0 Å². The van der Waals surface area contributed by atoms with Crippen molar-refractivity contribution < 1.29 is 9.53 Å². The molecule has 1 fully saturated rings. The van der Waals surface area contributed by atoms with Gasteiger partial charge in [0.05, 0.1) is 6.54 Å². The molecule has 2 rings (SSSR count). The van der Waals surface area contributed by atoms with Crippen molar-refractivity contribution in [2.75, 3.05) is 46.9 Å². The standard InChI is InChI=1S/C20H33N5O2/c1-4-21-20(23-12-11-22-19(26)16-9-10-16)24-15-17-7-5-6-8-18(17)27-14-13-25(2)3/h5-8,16H,4,9-15H2,1-3H3,(H,22,26)(H2,21,23,24). The highest BCUT2D eigenvalue weighted by molar-refractivity contribution is 5.81. The van der Waals surface area contributed by atoms with Gasteiger partial charge >= 0.3 is 0 Å². The van der Waals surface area contributed by atoms with Crippen LogP contribution >= 0.6 is 0 Å². The van der Waals surface area contributed by atoms with Crippen LogP contribution in [-0.4, -0.2) is 63.6 Å². The largest absolute Gasteiger partial charge is 0.492 e. The molecule has 0 radical (unpaired) electrons. The normalized spacial score (nSPS) is 14.1. The molecule has 1 aromatic rings. The zero-order valence-corrected chi connectivity index (χ0v) is 16.8. The molecule has 1 aliphatic carbocycles. The summed E-state index contributed by atoms with van der Waals surface area (Å²) in [5.74, 6) is 2.02. The van der Waals surface area contributed by atoms with Gasteiger partial charge in [0.15, 0.2) is 5.96 Å². The molecule has 7 nitrogen and oxygen atoms in total. The lowest BCUT2D eigenvalue weighted by Crippen LogP contribution is -2.41. The van der Waals surface area contributed by atoms with Gasteiger partial charge in [-0.15, -0.1) is 0 Å². The maximum absolute atomic E-state index is 11.7. The van der Waals surface area contributed by atoms with Gasteiger partial charge in [-0.3, -0.25) is 4.79 Å². The Morgan fingerprint density at radius 2 is 1.93 bits per heavy atom. The SMILES string of the molecule is CCNC(=NCc1ccccc1OCCN(C)C)NCCNC(=O)C1CC1. The second-order valence-corrected chi connectivity index (χ2v) is 6.95. The highest BCUT2D eigenvalue weighted by Crippen LogP contribution is 2.28. The van der Waals surface area contributed by atoms with E-state index in [0.29, 0.717) is 26.2 Å². The topological polar surface area (TPSA) is 78.0 Å². The van der Waals surface area contributed by atoms with Gasteiger partial charge in [0.1, 0.15) is 12.4 Å². The van der Waals surface area contributed by atoms with E-state index in [-0.39, 0.29) is 11.8 Å². The van der Waals surface area contributed by atoms with Crippen LogP contribution in [0.15, 0.2) is 29.3 Å². The fourth-order valence-electron chi connectivity index (χ4n) is 2.48. The van der Waals surface area contributed by atoms with Crippen LogP contribution in [0.5, 0.6) is 5.75 Å². The molecule has 0 aliphatic heterocycles. The number of amides is 1. The fourth-order valence-corrected chi connectivity index (χ4v) is 2.48. The van der Waals surface area contributed by atoms with E-state index in [9.17, 15) is 4.79 Å². The molecule has 1 aromatic carbocycles. The second kappa shape index (κ2) is 11.4. The van der Waals surface area contributed by atoms with E-state index in [2.05, 4.69) is 25.8 Å². The molecule has 150 valence electrons. The van der Waals surface area contributed by atoms with Gasteiger partial charge in [-0.25, -0.2) is 4.99 Å². The summed E-state index contributed by atoms with van der Waals surface area (Å²) in [6.45, 7) is 6.10. The second-order valence-electron chi connectivity index (χ2n) is 6.95. The lowest BCUT2D eigenvalue weighted by Gasteiger charge is -2.14. The Morgan fingerprint density at radius 1 is 1.19 bits per heavy atom. The van der Waals surface area contributed by atoms with E-state index in [1.807, 2.05) is 45.3 Å². The van der Waals surface area contributed by atoms with Crippen LogP contribution in [0.4, 0.5) is 0 Å². The monoisotopic (exact) mass is 375 g/mol. The van der Waals surface area contributed by atoms with Gasteiger partial charge in [-0.05, 0) is 39.9 Å². The summed E-state index contributed by atoms with van der Waals surface area (Å²) in [7, 11) is 4.06. The molecule has 7 heteroatoms. The van der Waals surface area contributed by atoms with Crippen LogP contribution < -0.4 is 20.7 Å². The molecule has 0 aromatic heterocycles. The Bertz CT molecular complexity index is 614. The van der Waals surface area contributed by atoms with Crippen molar-refractivity contribution in [1.82, 2.24) is 20.9 Å². The van der Waals surface area contributed by atoms with Gasteiger partial charge in [-0.2, -0.15) is 0 Å². The number of hydrogen-bond acceptors (Lipinski definition) is 4. The number of benzene rings is 1. The van der Waals surface area contributed by atoms with Crippen LogP contribution in [0.1, 0.15) is 25.3 Å². The van der Waals surface area contributed by atoms with Crippen LogP contribution in [-0.2, 0) is 11.3 Å². The first-order valence-corrected chi connectivity index (χ1v) is 9.75. The maximum Gasteiger partial charge on any atom is 0.223 e. The highest BCUT2D eigenvalue weighted by Gasteiger charge is 2.28. The molecule has 0 bridgehead atoms. The fraction of sp³-hybridized carbons (Fsp3) is 0.600. The first kappa shape index (κ1) is 21.0. The lowest BCUT2D eigenvalue weighted by molar-refractivity contribution is -0.122. The molecule has 0 unspecified atom stereocenters. The Kier molecular flexibility index (Phi) is 8.91.